The van der Waals surface area contributed by atoms with Gasteiger partial charge in [-0.2, -0.15) is 0 Å². The topological polar surface area (TPSA) is 23.6 Å². The number of hydrogen-bond donors (Lipinski definition) is 0. The van der Waals surface area contributed by atoms with Gasteiger partial charge in [0.05, 0.1) is 0 Å². The van der Waals surface area contributed by atoms with Gasteiger partial charge < -0.3 is 4.90 Å². The second kappa shape index (κ2) is 8.05. The summed E-state index contributed by atoms with van der Waals surface area (Å²) in [5, 5.41) is 0. The zero-order valence-electron chi connectivity index (χ0n) is 15.4. The lowest BCUT2D eigenvalue weighted by molar-refractivity contribution is -0.139. The molecule has 26 heavy (non-hydrogen) atoms. The molecule has 4 rings (SSSR count). The second-order valence-corrected chi connectivity index (χ2v) is 7.63. The maximum Gasteiger partial charge on any atom is 0.222 e. The van der Waals surface area contributed by atoms with Gasteiger partial charge in [-0.1, -0.05) is 54.6 Å². The number of benzene rings is 2. The van der Waals surface area contributed by atoms with Crippen molar-refractivity contribution in [1.29, 1.82) is 0 Å². The Bertz CT molecular complexity index is 737. The smallest absolute Gasteiger partial charge is 0.222 e. The molecule has 3 nitrogen and oxygen atoms in total. The Kier molecular flexibility index (Phi) is 5.35. The molecule has 0 unspecified atom stereocenters. The maximum absolute atomic E-state index is 12.4. The largest absolute Gasteiger partial charge is 0.339 e. The molecule has 0 bridgehead atoms. The molecule has 2 heterocycles. The molecule has 0 spiro atoms. The summed E-state index contributed by atoms with van der Waals surface area (Å²) in [6, 6.07) is 19.9. The lowest BCUT2D eigenvalue weighted by Crippen LogP contribution is -2.61. The summed E-state index contributed by atoms with van der Waals surface area (Å²) in [6.45, 7) is 4.00. The molecule has 136 valence electrons. The summed E-state index contributed by atoms with van der Waals surface area (Å²) < 4.78 is 0. The summed E-state index contributed by atoms with van der Waals surface area (Å²) in [4.78, 5) is 17.0. The van der Waals surface area contributed by atoms with Crippen LogP contribution < -0.4 is 0 Å². The molecule has 0 saturated carbocycles. The number of amides is 1. The van der Waals surface area contributed by atoms with Crippen LogP contribution >= 0.6 is 0 Å². The van der Waals surface area contributed by atoms with E-state index in [1.165, 1.54) is 16.7 Å². The van der Waals surface area contributed by atoms with Gasteiger partial charge in [-0.15, -0.1) is 0 Å². The lowest BCUT2D eigenvalue weighted by Gasteiger charge is -2.47. The number of hydrogen-bond acceptors (Lipinski definition) is 2. The van der Waals surface area contributed by atoms with Crippen LogP contribution in [-0.2, 0) is 24.2 Å². The van der Waals surface area contributed by atoms with Crippen LogP contribution in [0.1, 0.15) is 36.0 Å². The van der Waals surface area contributed by atoms with E-state index in [1.54, 1.807) is 0 Å². The third-order valence-corrected chi connectivity index (χ3v) is 5.84. The predicted octanol–water partition coefficient (Wildman–Crippen LogP) is 3.67. The number of nitrogens with zero attached hydrogens (tertiary/aromatic N) is 2. The van der Waals surface area contributed by atoms with E-state index in [0.29, 0.717) is 18.4 Å². The van der Waals surface area contributed by atoms with Gasteiger partial charge in [-0.25, -0.2) is 0 Å². The maximum atomic E-state index is 12.4. The Morgan fingerprint density at radius 1 is 0.923 bits per heavy atom. The molecule has 0 aliphatic carbocycles. The minimum Gasteiger partial charge on any atom is -0.339 e. The van der Waals surface area contributed by atoms with E-state index in [2.05, 4.69) is 53.4 Å². The fourth-order valence-corrected chi connectivity index (χ4v) is 4.13. The van der Waals surface area contributed by atoms with Crippen molar-refractivity contribution in [2.75, 3.05) is 19.6 Å². The van der Waals surface area contributed by atoms with Crippen molar-refractivity contribution < 1.29 is 4.79 Å². The van der Waals surface area contributed by atoms with Crippen LogP contribution in [-0.4, -0.2) is 41.4 Å². The van der Waals surface area contributed by atoms with Crippen molar-refractivity contribution in [2.24, 2.45) is 0 Å². The molecule has 1 amide bonds. The molecule has 0 atom stereocenters. The number of fused-ring (bicyclic) bond motifs is 1. The van der Waals surface area contributed by atoms with Crippen LogP contribution in [0.5, 0.6) is 0 Å². The average molecular weight is 348 g/mol. The minimum atomic E-state index is 0.340. The van der Waals surface area contributed by atoms with Crippen molar-refractivity contribution in [2.45, 2.75) is 44.7 Å². The van der Waals surface area contributed by atoms with E-state index in [4.69, 9.17) is 0 Å². The van der Waals surface area contributed by atoms with Gasteiger partial charge in [-0.05, 0) is 42.4 Å². The molecule has 3 heteroatoms. The average Bonchev–Trinajstić information content (AvgIpc) is 2.65. The molecule has 0 N–H and O–H groups in total. The Balaban J connectivity index is 1.16. The molecule has 2 aliphatic heterocycles. The highest BCUT2D eigenvalue weighted by atomic mass is 16.2. The van der Waals surface area contributed by atoms with E-state index in [-0.39, 0.29) is 0 Å². The quantitative estimate of drug-likeness (QED) is 0.744. The summed E-state index contributed by atoms with van der Waals surface area (Å²) in [5.41, 5.74) is 4.33. The summed E-state index contributed by atoms with van der Waals surface area (Å²) in [7, 11) is 0. The highest BCUT2D eigenvalue weighted by molar-refractivity contribution is 5.77. The third-order valence-electron chi connectivity index (χ3n) is 5.84. The van der Waals surface area contributed by atoms with Crippen molar-refractivity contribution in [1.82, 2.24) is 9.80 Å². The molecule has 2 aromatic carbocycles. The zero-order chi connectivity index (χ0) is 17.8. The number of unbranched alkanes of at least 4 members (excludes halogenated alkanes) is 1. The Hall–Kier alpha value is -2.13. The summed E-state index contributed by atoms with van der Waals surface area (Å²) >= 11 is 0. The Labute approximate surface area is 156 Å². The highest BCUT2D eigenvalue weighted by Gasteiger charge is 2.35. The van der Waals surface area contributed by atoms with E-state index in [9.17, 15) is 4.79 Å². The van der Waals surface area contributed by atoms with Crippen molar-refractivity contribution in [3.63, 3.8) is 0 Å². The van der Waals surface area contributed by atoms with Crippen LogP contribution in [0.2, 0.25) is 0 Å². The Morgan fingerprint density at radius 3 is 2.46 bits per heavy atom. The SMILES string of the molecule is O=C(CCCCc1ccccc1)N1CC(N2CCc3ccccc3C2)C1. The van der Waals surface area contributed by atoms with Gasteiger partial charge >= 0.3 is 0 Å². The predicted molar refractivity (Wildman–Crippen MR) is 105 cm³/mol. The first-order valence-corrected chi connectivity index (χ1v) is 9.92. The monoisotopic (exact) mass is 348 g/mol. The first kappa shape index (κ1) is 17.3. The first-order valence-electron chi connectivity index (χ1n) is 9.92. The Morgan fingerprint density at radius 2 is 1.65 bits per heavy atom. The molecule has 2 aromatic rings. The molecule has 1 saturated heterocycles. The highest BCUT2D eigenvalue weighted by Crippen LogP contribution is 2.24. The summed E-state index contributed by atoms with van der Waals surface area (Å²) in [6.07, 6.45) is 4.99. The molecular weight excluding hydrogens is 320 g/mol. The first-order chi connectivity index (χ1) is 12.8. The second-order valence-electron chi connectivity index (χ2n) is 7.63. The third kappa shape index (κ3) is 3.99. The summed E-state index contributed by atoms with van der Waals surface area (Å²) in [5.74, 6) is 0.340. The van der Waals surface area contributed by atoms with Crippen LogP contribution in [0.15, 0.2) is 54.6 Å². The standard InChI is InChI=1S/C23H28N2O/c26-23(13-7-4-10-19-8-2-1-3-9-19)25-17-22(18-25)24-15-14-20-11-5-6-12-21(20)16-24/h1-3,5-6,8-9,11-12,22H,4,7,10,13-18H2. The van der Waals surface area contributed by atoms with E-state index < -0.39 is 0 Å². The minimum absolute atomic E-state index is 0.340. The van der Waals surface area contributed by atoms with Gasteiger partial charge in [0, 0.05) is 38.6 Å². The molecular formula is C23H28N2O. The number of carbonyl (C=O) groups excluding carboxylic acids is 1. The molecule has 1 fully saturated rings. The number of likely N-dealkylation sites (tertiary alicyclic amines) is 1. The normalized spacial score (nSPS) is 17.6. The van der Waals surface area contributed by atoms with E-state index in [1.807, 2.05) is 11.0 Å². The van der Waals surface area contributed by atoms with Crippen LogP contribution in [0.25, 0.3) is 0 Å². The van der Waals surface area contributed by atoms with Gasteiger partial charge in [0.2, 0.25) is 5.91 Å². The van der Waals surface area contributed by atoms with Crippen LogP contribution in [0.4, 0.5) is 0 Å². The zero-order valence-corrected chi connectivity index (χ0v) is 15.4. The molecule has 0 radical (unpaired) electrons. The van der Waals surface area contributed by atoms with Crippen LogP contribution in [0.3, 0.4) is 0 Å². The fourth-order valence-electron chi connectivity index (χ4n) is 4.13. The van der Waals surface area contributed by atoms with Gasteiger partial charge in [0.25, 0.3) is 0 Å². The molecule has 2 aliphatic rings. The van der Waals surface area contributed by atoms with E-state index in [0.717, 1.165) is 51.9 Å². The van der Waals surface area contributed by atoms with E-state index >= 15 is 0 Å². The number of aryl methyl sites for hydroxylation is 1. The van der Waals surface area contributed by atoms with Gasteiger partial charge in [0.15, 0.2) is 0 Å². The number of carbonyl (C=O) groups is 1. The van der Waals surface area contributed by atoms with Gasteiger partial charge in [0.1, 0.15) is 0 Å². The number of rotatable bonds is 6. The van der Waals surface area contributed by atoms with Gasteiger partial charge in [-0.3, -0.25) is 9.69 Å². The lowest BCUT2D eigenvalue weighted by atomic mass is 9.96. The molecule has 0 aromatic heterocycles. The van der Waals surface area contributed by atoms with Crippen LogP contribution in [0, 0.1) is 0 Å². The van der Waals surface area contributed by atoms with Crippen molar-refractivity contribution in [3.05, 3.63) is 71.3 Å². The fraction of sp³-hybridized carbons (Fsp3) is 0.435. The van der Waals surface area contributed by atoms with Crippen molar-refractivity contribution >= 4 is 5.91 Å². The van der Waals surface area contributed by atoms with Crippen molar-refractivity contribution in [3.8, 4) is 0 Å².